The molecule has 0 heterocycles. The van der Waals surface area contributed by atoms with Crippen LogP contribution in [-0.4, -0.2) is 11.9 Å². The molecule has 12 heavy (non-hydrogen) atoms. The first-order chi connectivity index (χ1) is 5.61. The van der Waals surface area contributed by atoms with Crippen LogP contribution >= 0.6 is 0 Å². The van der Waals surface area contributed by atoms with E-state index >= 15 is 0 Å². The lowest BCUT2D eigenvalue weighted by Crippen LogP contribution is -2.43. The number of carbonyl (C=O) groups is 1. The summed E-state index contributed by atoms with van der Waals surface area (Å²) in [5.74, 6) is 0.838. The molecule has 70 valence electrons. The van der Waals surface area contributed by atoms with Crippen molar-refractivity contribution in [3.05, 3.63) is 0 Å². The highest BCUT2D eigenvalue weighted by Gasteiger charge is 2.23. The number of hydrogen-bond donors (Lipinski definition) is 1. The maximum Gasteiger partial charge on any atom is 0.223 e. The molecule has 0 unspecified atom stereocenters. The zero-order valence-electron chi connectivity index (χ0n) is 8.26. The fourth-order valence-electron chi connectivity index (χ4n) is 1.19. The number of carbonyl (C=O) groups excluding carboxylic acids is 1. The number of hydrogen-bond acceptors (Lipinski definition) is 1. The molecule has 0 radical (unpaired) electrons. The van der Waals surface area contributed by atoms with Crippen LogP contribution in [0, 0.1) is 11.8 Å². The summed E-state index contributed by atoms with van der Waals surface area (Å²) in [7, 11) is 0. The maximum atomic E-state index is 11.5. The third-order valence-electron chi connectivity index (χ3n) is 2.87. The van der Waals surface area contributed by atoms with E-state index in [0.717, 1.165) is 0 Å². The molecular weight excluding hydrogens is 150 g/mol. The van der Waals surface area contributed by atoms with E-state index < -0.39 is 0 Å². The minimum Gasteiger partial charge on any atom is -0.353 e. The molecule has 1 atom stereocenters. The van der Waals surface area contributed by atoms with Crippen molar-refractivity contribution in [1.29, 1.82) is 0 Å². The summed E-state index contributed by atoms with van der Waals surface area (Å²) in [6.07, 6.45) is 3.63. The molecule has 0 saturated heterocycles. The summed E-state index contributed by atoms with van der Waals surface area (Å²) in [5, 5.41) is 3.06. The third-order valence-corrected chi connectivity index (χ3v) is 2.87. The highest BCUT2D eigenvalue weighted by molar-refractivity contribution is 5.78. The van der Waals surface area contributed by atoms with Crippen LogP contribution in [0.1, 0.15) is 40.0 Å². The zero-order valence-corrected chi connectivity index (χ0v) is 8.26. The van der Waals surface area contributed by atoms with Crippen molar-refractivity contribution in [2.75, 3.05) is 0 Å². The van der Waals surface area contributed by atoms with Crippen LogP contribution in [0.5, 0.6) is 0 Å². The van der Waals surface area contributed by atoms with Gasteiger partial charge in [0.1, 0.15) is 0 Å². The predicted molar refractivity (Wildman–Crippen MR) is 49.8 cm³/mol. The van der Waals surface area contributed by atoms with Gasteiger partial charge in [-0.1, -0.05) is 20.8 Å². The number of amides is 1. The summed E-state index contributed by atoms with van der Waals surface area (Å²) < 4.78 is 0. The molecule has 1 rings (SSSR count). The van der Waals surface area contributed by atoms with Gasteiger partial charge >= 0.3 is 0 Å². The molecule has 0 spiro atoms. The van der Waals surface area contributed by atoms with Gasteiger partial charge in [-0.05, 0) is 25.2 Å². The van der Waals surface area contributed by atoms with E-state index in [4.69, 9.17) is 0 Å². The maximum absolute atomic E-state index is 11.5. The Hall–Kier alpha value is -0.530. The molecule has 1 aliphatic rings. The van der Waals surface area contributed by atoms with Gasteiger partial charge in [-0.3, -0.25) is 4.79 Å². The molecule has 2 heteroatoms. The Labute approximate surface area is 74.7 Å². The van der Waals surface area contributed by atoms with Crippen LogP contribution in [-0.2, 0) is 4.79 Å². The molecule has 1 aliphatic carbocycles. The Morgan fingerprint density at radius 2 is 1.92 bits per heavy atom. The van der Waals surface area contributed by atoms with Crippen molar-refractivity contribution >= 4 is 5.91 Å². The highest BCUT2D eigenvalue weighted by atomic mass is 16.1. The minimum atomic E-state index is 0.158. The van der Waals surface area contributed by atoms with Crippen LogP contribution in [0.3, 0.4) is 0 Å². The lowest BCUT2D eigenvalue weighted by Gasteiger charge is -2.28. The van der Waals surface area contributed by atoms with E-state index in [9.17, 15) is 4.79 Å². The minimum absolute atomic E-state index is 0.158. The molecule has 1 fully saturated rings. The average Bonchev–Trinajstić information content (AvgIpc) is 1.94. The Kier molecular flexibility index (Phi) is 3.12. The van der Waals surface area contributed by atoms with Gasteiger partial charge in [0.25, 0.3) is 0 Å². The molecule has 0 bridgehead atoms. The molecule has 0 aromatic rings. The fourth-order valence-corrected chi connectivity index (χ4v) is 1.19. The van der Waals surface area contributed by atoms with E-state index in [1.165, 1.54) is 19.3 Å². The Bertz CT molecular complexity index is 161. The van der Waals surface area contributed by atoms with E-state index in [2.05, 4.69) is 19.2 Å². The van der Waals surface area contributed by atoms with E-state index in [1.807, 2.05) is 6.92 Å². The van der Waals surface area contributed by atoms with Crippen molar-refractivity contribution in [2.45, 2.75) is 46.1 Å². The monoisotopic (exact) mass is 169 g/mol. The first-order valence-electron chi connectivity index (χ1n) is 4.91. The van der Waals surface area contributed by atoms with Crippen LogP contribution in [0.25, 0.3) is 0 Å². The van der Waals surface area contributed by atoms with Crippen LogP contribution in [0.2, 0.25) is 0 Å². The molecule has 0 aromatic heterocycles. The molecular formula is C10H19NO. The van der Waals surface area contributed by atoms with Gasteiger partial charge in [0.15, 0.2) is 0 Å². The smallest absolute Gasteiger partial charge is 0.223 e. The SMILES string of the molecule is CC(C)[C@@H](C)C(=O)NC1CCC1. The second-order valence-corrected chi connectivity index (χ2v) is 4.17. The molecule has 1 saturated carbocycles. The summed E-state index contributed by atoms with van der Waals surface area (Å²) >= 11 is 0. The number of rotatable bonds is 3. The summed E-state index contributed by atoms with van der Waals surface area (Å²) in [6, 6.07) is 0.485. The highest BCUT2D eigenvalue weighted by Crippen LogP contribution is 2.19. The van der Waals surface area contributed by atoms with Crippen molar-refractivity contribution in [3.63, 3.8) is 0 Å². The molecule has 1 amide bonds. The second-order valence-electron chi connectivity index (χ2n) is 4.17. The van der Waals surface area contributed by atoms with Crippen LogP contribution < -0.4 is 5.32 Å². The van der Waals surface area contributed by atoms with Gasteiger partial charge in [0, 0.05) is 12.0 Å². The summed E-state index contributed by atoms with van der Waals surface area (Å²) in [4.78, 5) is 11.5. The van der Waals surface area contributed by atoms with Crippen molar-refractivity contribution in [2.24, 2.45) is 11.8 Å². The topological polar surface area (TPSA) is 29.1 Å². The second kappa shape index (κ2) is 3.92. The predicted octanol–water partition coefficient (Wildman–Crippen LogP) is 1.95. The van der Waals surface area contributed by atoms with E-state index in [1.54, 1.807) is 0 Å². The summed E-state index contributed by atoms with van der Waals surface area (Å²) in [6.45, 7) is 6.18. The van der Waals surface area contributed by atoms with Crippen molar-refractivity contribution < 1.29 is 4.79 Å². The van der Waals surface area contributed by atoms with Crippen molar-refractivity contribution in [3.8, 4) is 0 Å². The van der Waals surface area contributed by atoms with Crippen LogP contribution in [0.4, 0.5) is 0 Å². The first kappa shape index (κ1) is 9.56. The van der Waals surface area contributed by atoms with Gasteiger partial charge < -0.3 is 5.32 Å². The molecule has 2 nitrogen and oxygen atoms in total. The van der Waals surface area contributed by atoms with Crippen LogP contribution in [0.15, 0.2) is 0 Å². The third kappa shape index (κ3) is 2.23. The number of nitrogens with one attached hydrogen (secondary N) is 1. The molecule has 0 aromatic carbocycles. The Morgan fingerprint density at radius 1 is 1.33 bits per heavy atom. The first-order valence-corrected chi connectivity index (χ1v) is 4.91. The molecule has 1 N–H and O–H groups in total. The Morgan fingerprint density at radius 3 is 2.25 bits per heavy atom. The largest absolute Gasteiger partial charge is 0.353 e. The quantitative estimate of drug-likeness (QED) is 0.687. The van der Waals surface area contributed by atoms with Gasteiger partial charge in [0.05, 0.1) is 0 Å². The van der Waals surface area contributed by atoms with Gasteiger partial charge in [-0.2, -0.15) is 0 Å². The standard InChI is InChI=1S/C10H19NO/c1-7(2)8(3)10(12)11-9-5-4-6-9/h7-9H,4-6H2,1-3H3,(H,11,12)/t8-/m1/s1. The summed E-state index contributed by atoms with van der Waals surface area (Å²) in [5.41, 5.74) is 0. The Balaban J connectivity index is 2.26. The van der Waals surface area contributed by atoms with Gasteiger partial charge in [0.2, 0.25) is 5.91 Å². The van der Waals surface area contributed by atoms with E-state index in [-0.39, 0.29) is 11.8 Å². The molecule has 0 aliphatic heterocycles. The van der Waals surface area contributed by atoms with Gasteiger partial charge in [-0.15, -0.1) is 0 Å². The van der Waals surface area contributed by atoms with E-state index in [0.29, 0.717) is 12.0 Å². The van der Waals surface area contributed by atoms with Crippen molar-refractivity contribution in [1.82, 2.24) is 5.32 Å². The van der Waals surface area contributed by atoms with Gasteiger partial charge in [-0.25, -0.2) is 0 Å². The lowest BCUT2D eigenvalue weighted by molar-refractivity contribution is -0.126. The lowest BCUT2D eigenvalue weighted by atomic mass is 9.91. The normalized spacial score (nSPS) is 20.3. The average molecular weight is 169 g/mol. The zero-order chi connectivity index (χ0) is 9.14. The fraction of sp³-hybridized carbons (Fsp3) is 0.900.